The Balaban J connectivity index is 1.68. The first-order valence-corrected chi connectivity index (χ1v) is 9.14. The molecule has 28 heavy (non-hydrogen) atoms. The number of aliphatic imine (C=N–C) groups is 1. The number of anilines is 1. The topological polar surface area (TPSA) is 84.6 Å². The van der Waals surface area contributed by atoms with Gasteiger partial charge in [0, 0.05) is 18.0 Å². The van der Waals surface area contributed by atoms with Gasteiger partial charge in [0.2, 0.25) is 0 Å². The molecule has 1 amide bonds. The van der Waals surface area contributed by atoms with E-state index >= 15 is 0 Å². The van der Waals surface area contributed by atoms with Gasteiger partial charge in [0.05, 0.1) is 22.1 Å². The van der Waals surface area contributed by atoms with Crippen LogP contribution in [-0.2, 0) is 10.2 Å². The Hall–Kier alpha value is -3.28. The molecule has 6 nitrogen and oxygen atoms in total. The summed E-state index contributed by atoms with van der Waals surface area (Å²) in [6, 6.07) is 14.0. The number of benzene rings is 2. The lowest BCUT2D eigenvalue weighted by Crippen LogP contribution is -2.18. The summed E-state index contributed by atoms with van der Waals surface area (Å²) in [5.74, 6) is -0.242. The van der Waals surface area contributed by atoms with Gasteiger partial charge in [-0.2, -0.15) is 0 Å². The highest BCUT2D eigenvalue weighted by Gasteiger charge is 2.23. The van der Waals surface area contributed by atoms with Crippen LogP contribution >= 0.6 is 0 Å². The minimum atomic E-state index is -0.405. The molecule has 1 atom stereocenters. The lowest BCUT2D eigenvalue weighted by Gasteiger charge is -2.19. The van der Waals surface area contributed by atoms with Gasteiger partial charge in [0.25, 0.3) is 11.6 Å². The number of nitro groups is 1. The number of carbonyl (C=O) groups is 1. The largest absolute Gasteiger partial charge is 0.322 e. The van der Waals surface area contributed by atoms with E-state index in [-0.39, 0.29) is 23.1 Å². The van der Waals surface area contributed by atoms with Gasteiger partial charge in [-0.3, -0.25) is 19.9 Å². The third-order valence-corrected chi connectivity index (χ3v) is 4.72. The molecule has 2 aromatic carbocycles. The zero-order valence-corrected chi connectivity index (χ0v) is 16.2. The number of hydrogen-bond acceptors (Lipinski definition) is 4. The Morgan fingerprint density at radius 3 is 2.39 bits per heavy atom. The molecular formula is C22H23N3O3. The number of carbonyl (C=O) groups excluding carboxylic acids is 1. The van der Waals surface area contributed by atoms with Crippen molar-refractivity contribution in [2.24, 2.45) is 4.99 Å². The van der Waals surface area contributed by atoms with Crippen molar-refractivity contribution in [1.29, 1.82) is 0 Å². The fourth-order valence-electron chi connectivity index (χ4n) is 3.07. The van der Waals surface area contributed by atoms with Crippen molar-refractivity contribution in [3.63, 3.8) is 0 Å². The van der Waals surface area contributed by atoms with Crippen molar-refractivity contribution in [1.82, 2.24) is 0 Å². The minimum absolute atomic E-state index is 0.0462. The highest BCUT2D eigenvalue weighted by molar-refractivity contribution is 6.18. The lowest BCUT2D eigenvalue weighted by atomic mass is 9.87. The first-order chi connectivity index (χ1) is 13.3. The molecule has 1 heterocycles. The van der Waals surface area contributed by atoms with Crippen molar-refractivity contribution in [3.8, 4) is 0 Å². The summed E-state index contributed by atoms with van der Waals surface area (Å²) in [5, 5.41) is 14.1. The van der Waals surface area contributed by atoms with Gasteiger partial charge in [0.1, 0.15) is 0 Å². The molecule has 0 spiro atoms. The maximum absolute atomic E-state index is 12.5. The SMILES string of the molecule is CC(C)(C)c1ccc(NC(=O)C2=CCC(c3ccccc3[N+](=O)[O-])N=C2)cc1. The zero-order valence-electron chi connectivity index (χ0n) is 16.2. The summed E-state index contributed by atoms with van der Waals surface area (Å²) in [6.45, 7) is 6.41. The summed E-state index contributed by atoms with van der Waals surface area (Å²) in [7, 11) is 0. The first kappa shape index (κ1) is 19.5. The zero-order chi connectivity index (χ0) is 20.3. The number of rotatable bonds is 4. The van der Waals surface area contributed by atoms with Gasteiger partial charge < -0.3 is 5.32 Å². The number of dihydropyridines is 1. The smallest absolute Gasteiger partial charge is 0.274 e. The molecule has 144 valence electrons. The minimum Gasteiger partial charge on any atom is -0.322 e. The van der Waals surface area contributed by atoms with E-state index in [0.717, 1.165) is 0 Å². The monoisotopic (exact) mass is 377 g/mol. The molecule has 0 fully saturated rings. The average molecular weight is 377 g/mol. The Labute approximate surface area is 164 Å². The van der Waals surface area contributed by atoms with E-state index in [2.05, 4.69) is 31.1 Å². The van der Waals surface area contributed by atoms with Crippen molar-refractivity contribution < 1.29 is 9.72 Å². The van der Waals surface area contributed by atoms with E-state index < -0.39 is 4.92 Å². The van der Waals surface area contributed by atoms with Crippen LogP contribution < -0.4 is 5.32 Å². The predicted octanol–water partition coefficient (Wildman–Crippen LogP) is 4.97. The molecule has 1 N–H and O–H groups in total. The predicted molar refractivity (Wildman–Crippen MR) is 111 cm³/mol. The Bertz CT molecular complexity index is 954. The fourth-order valence-corrected chi connectivity index (χ4v) is 3.07. The van der Waals surface area contributed by atoms with Crippen LogP contribution in [0.1, 0.15) is 44.4 Å². The van der Waals surface area contributed by atoms with Crippen LogP contribution in [0.5, 0.6) is 0 Å². The molecular weight excluding hydrogens is 354 g/mol. The second kappa shape index (κ2) is 7.76. The molecule has 0 saturated carbocycles. The van der Waals surface area contributed by atoms with Crippen LogP contribution in [0.15, 0.2) is 65.2 Å². The number of nitrogens with one attached hydrogen (secondary N) is 1. The Morgan fingerprint density at radius 2 is 1.82 bits per heavy atom. The third-order valence-electron chi connectivity index (χ3n) is 4.72. The Kier molecular flexibility index (Phi) is 5.40. The summed E-state index contributed by atoms with van der Waals surface area (Å²) in [4.78, 5) is 27.7. The van der Waals surface area contributed by atoms with E-state index in [4.69, 9.17) is 0 Å². The summed E-state index contributed by atoms with van der Waals surface area (Å²) in [5.41, 5.74) is 3.01. The van der Waals surface area contributed by atoms with Gasteiger partial charge >= 0.3 is 0 Å². The number of para-hydroxylation sites is 1. The molecule has 1 unspecified atom stereocenters. The van der Waals surface area contributed by atoms with E-state index in [1.165, 1.54) is 17.8 Å². The highest BCUT2D eigenvalue weighted by Crippen LogP contribution is 2.32. The molecule has 0 bridgehead atoms. The molecule has 0 saturated heterocycles. The molecule has 1 aliphatic rings. The molecule has 2 aromatic rings. The molecule has 0 radical (unpaired) electrons. The summed E-state index contributed by atoms with van der Waals surface area (Å²) >= 11 is 0. The van der Waals surface area contributed by atoms with Crippen molar-refractivity contribution in [3.05, 3.63) is 81.4 Å². The average Bonchev–Trinajstić information content (AvgIpc) is 2.68. The second-order valence-electron chi connectivity index (χ2n) is 7.79. The number of amides is 1. The molecule has 3 rings (SSSR count). The maximum atomic E-state index is 12.5. The van der Waals surface area contributed by atoms with Gasteiger partial charge in [-0.1, -0.05) is 51.1 Å². The van der Waals surface area contributed by atoms with Crippen LogP contribution in [0.4, 0.5) is 11.4 Å². The van der Waals surface area contributed by atoms with Crippen molar-refractivity contribution in [2.75, 3.05) is 5.32 Å². The van der Waals surface area contributed by atoms with Crippen LogP contribution in [0, 0.1) is 10.1 Å². The van der Waals surface area contributed by atoms with Crippen LogP contribution in [0.3, 0.4) is 0 Å². The van der Waals surface area contributed by atoms with Gasteiger partial charge in [0.15, 0.2) is 0 Å². The van der Waals surface area contributed by atoms with Gasteiger partial charge in [-0.05, 0) is 35.6 Å². The Morgan fingerprint density at radius 1 is 1.14 bits per heavy atom. The van der Waals surface area contributed by atoms with Crippen LogP contribution in [-0.4, -0.2) is 17.0 Å². The molecule has 1 aliphatic heterocycles. The van der Waals surface area contributed by atoms with Gasteiger partial charge in [-0.15, -0.1) is 0 Å². The van der Waals surface area contributed by atoms with Crippen molar-refractivity contribution in [2.45, 2.75) is 38.6 Å². The highest BCUT2D eigenvalue weighted by atomic mass is 16.6. The van der Waals surface area contributed by atoms with Crippen molar-refractivity contribution >= 4 is 23.5 Å². The number of nitro benzene ring substituents is 1. The lowest BCUT2D eigenvalue weighted by molar-refractivity contribution is -0.385. The summed E-state index contributed by atoms with van der Waals surface area (Å²) in [6.07, 6.45) is 3.70. The standard InChI is InChI=1S/C22H23N3O3/c1-22(2,3)16-9-11-17(12-10-16)24-21(26)15-8-13-19(23-14-15)18-6-4-5-7-20(18)25(27)28/h4-12,14,19H,13H2,1-3H3,(H,24,26). The van der Waals surface area contributed by atoms with E-state index in [1.54, 1.807) is 24.3 Å². The van der Waals surface area contributed by atoms with Crippen LogP contribution in [0.25, 0.3) is 0 Å². The second-order valence-corrected chi connectivity index (χ2v) is 7.79. The molecule has 0 aromatic heterocycles. The van der Waals surface area contributed by atoms with E-state index in [1.807, 2.05) is 24.3 Å². The normalized spacial score (nSPS) is 16.4. The molecule has 0 aliphatic carbocycles. The van der Waals surface area contributed by atoms with E-state index in [0.29, 0.717) is 23.2 Å². The maximum Gasteiger partial charge on any atom is 0.274 e. The van der Waals surface area contributed by atoms with Gasteiger partial charge in [-0.25, -0.2) is 0 Å². The van der Waals surface area contributed by atoms with Crippen LogP contribution in [0.2, 0.25) is 0 Å². The van der Waals surface area contributed by atoms with E-state index in [9.17, 15) is 14.9 Å². The summed E-state index contributed by atoms with van der Waals surface area (Å²) < 4.78 is 0. The third kappa shape index (κ3) is 4.34. The first-order valence-electron chi connectivity index (χ1n) is 9.14. The number of nitrogens with zero attached hydrogens (tertiary/aromatic N) is 2. The number of hydrogen-bond donors (Lipinski definition) is 1. The molecule has 6 heteroatoms. The fraction of sp³-hybridized carbons (Fsp3) is 0.273. The quantitative estimate of drug-likeness (QED) is 0.603.